The third-order valence-electron chi connectivity index (χ3n) is 5.59. The van der Waals surface area contributed by atoms with Gasteiger partial charge in [0, 0.05) is 25.7 Å². The van der Waals surface area contributed by atoms with Gasteiger partial charge in [0.1, 0.15) is 0 Å². The first-order chi connectivity index (χ1) is 9.70. The van der Waals surface area contributed by atoms with Crippen molar-refractivity contribution in [2.24, 2.45) is 5.92 Å². The van der Waals surface area contributed by atoms with Crippen LogP contribution in [0.25, 0.3) is 0 Å². The van der Waals surface area contributed by atoms with E-state index in [0.29, 0.717) is 5.78 Å². The summed E-state index contributed by atoms with van der Waals surface area (Å²) in [6.07, 6.45) is 6.74. The van der Waals surface area contributed by atoms with Crippen molar-refractivity contribution >= 4 is 5.78 Å². The number of carbonyl (C=O) groups is 1. The lowest BCUT2D eigenvalue weighted by Gasteiger charge is -2.44. The Morgan fingerprint density at radius 2 is 2.05 bits per heavy atom. The molecular formula is C16H27NO3. The predicted molar refractivity (Wildman–Crippen MR) is 76.7 cm³/mol. The zero-order valence-corrected chi connectivity index (χ0v) is 12.6. The first kappa shape index (κ1) is 14.5. The maximum absolute atomic E-state index is 13.0. The van der Waals surface area contributed by atoms with E-state index in [2.05, 4.69) is 12.2 Å². The van der Waals surface area contributed by atoms with Crippen LogP contribution in [0.5, 0.6) is 0 Å². The standard InChI is InChI=1S/C16H27NO3/c1-2-16(5-3-8-17-16)14(18)13-4-9-20-15(12-13)6-10-19-11-7-15/h13,17H,2-12H2,1H3. The molecule has 3 aliphatic rings. The molecule has 4 nitrogen and oxygen atoms in total. The lowest BCUT2D eigenvalue weighted by Crippen LogP contribution is -2.54. The quantitative estimate of drug-likeness (QED) is 0.860. The normalized spacial score (nSPS) is 37.1. The Kier molecular flexibility index (Phi) is 4.16. The molecule has 3 heterocycles. The molecule has 0 aliphatic carbocycles. The molecule has 0 aromatic heterocycles. The highest BCUT2D eigenvalue weighted by molar-refractivity contribution is 5.91. The van der Waals surface area contributed by atoms with E-state index >= 15 is 0 Å². The third-order valence-corrected chi connectivity index (χ3v) is 5.59. The highest BCUT2D eigenvalue weighted by Gasteiger charge is 2.47. The van der Waals surface area contributed by atoms with Gasteiger partial charge in [-0.2, -0.15) is 0 Å². The Morgan fingerprint density at radius 1 is 1.25 bits per heavy atom. The van der Waals surface area contributed by atoms with Crippen molar-refractivity contribution in [3.8, 4) is 0 Å². The van der Waals surface area contributed by atoms with Gasteiger partial charge in [-0.25, -0.2) is 0 Å². The van der Waals surface area contributed by atoms with E-state index in [0.717, 1.165) is 71.3 Å². The minimum absolute atomic E-state index is 0.0790. The van der Waals surface area contributed by atoms with Gasteiger partial charge in [-0.1, -0.05) is 6.92 Å². The summed E-state index contributed by atoms with van der Waals surface area (Å²) in [5.41, 5.74) is -0.321. The minimum Gasteiger partial charge on any atom is -0.381 e. The molecule has 0 aromatic carbocycles. The largest absolute Gasteiger partial charge is 0.381 e. The summed E-state index contributed by atoms with van der Waals surface area (Å²) in [7, 11) is 0. The molecule has 3 rings (SSSR count). The molecule has 1 N–H and O–H groups in total. The lowest BCUT2D eigenvalue weighted by molar-refractivity contribution is -0.160. The van der Waals surface area contributed by atoms with E-state index in [-0.39, 0.29) is 17.1 Å². The topological polar surface area (TPSA) is 47.6 Å². The number of nitrogens with one attached hydrogen (secondary N) is 1. The molecule has 3 saturated heterocycles. The lowest BCUT2D eigenvalue weighted by atomic mass is 9.73. The van der Waals surface area contributed by atoms with Gasteiger partial charge in [0.25, 0.3) is 0 Å². The van der Waals surface area contributed by atoms with Gasteiger partial charge < -0.3 is 14.8 Å². The molecule has 0 radical (unpaired) electrons. The number of ketones is 1. The van der Waals surface area contributed by atoms with Crippen molar-refractivity contribution in [3.05, 3.63) is 0 Å². The smallest absolute Gasteiger partial charge is 0.156 e. The molecule has 2 atom stereocenters. The molecule has 1 spiro atoms. The van der Waals surface area contributed by atoms with Crippen molar-refractivity contribution in [1.82, 2.24) is 5.32 Å². The summed E-state index contributed by atoms with van der Waals surface area (Å²) in [5.74, 6) is 0.624. The number of hydrogen-bond acceptors (Lipinski definition) is 4. The van der Waals surface area contributed by atoms with E-state index in [1.807, 2.05) is 0 Å². The van der Waals surface area contributed by atoms with Gasteiger partial charge in [-0.3, -0.25) is 4.79 Å². The maximum Gasteiger partial charge on any atom is 0.156 e. The second-order valence-electron chi connectivity index (χ2n) is 6.66. The molecule has 3 fully saturated rings. The van der Waals surface area contributed by atoms with E-state index in [4.69, 9.17) is 9.47 Å². The van der Waals surface area contributed by atoms with Gasteiger partial charge >= 0.3 is 0 Å². The van der Waals surface area contributed by atoms with Crippen LogP contribution in [0, 0.1) is 5.92 Å². The van der Waals surface area contributed by atoms with Crippen LogP contribution < -0.4 is 5.32 Å². The van der Waals surface area contributed by atoms with Gasteiger partial charge in [0.15, 0.2) is 5.78 Å². The fourth-order valence-corrected chi connectivity index (χ4v) is 4.23. The Morgan fingerprint density at radius 3 is 2.70 bits per heavy atom. The Labute approximate surface area is 121 Å². The van der Waals surface area contributed by atoms with E-state index in [1.54, 1.807) is 0 Å². The molecule has 0 saturated carbocycles. The fraction of sp³-hybridized carbons (Fsp3) is 0.938. The maximum atomic E-state index is 13.0. The van der Waals surface area contributed by atoms with Crippen LogP contribution in [0.1, 0.15) is 51.9 Å². The summed E-state index contributed by atoms with van der Waals surface area (Å²) in [6.45, 7) is 5.41. The van der Waals surface area contributed by atoms with Crippen molar-refractivity contribution in [1.29, 1.82) is 0 Å². The second-order valence-corrected chi connectivity index (χ2v) is 6.66. The summed E-state index contributed by atoms with van der Waals surface area (Å²) in [5, 5.41) is 3.49. The average Bonchev–Trinajstić information content (AvgIpc) is 2.97. The summed E-state index contributed by atoms with van der Waals surface area (Å²) in [4.78, 5) is 13.0. The second kappa shape index (κ2) is 5.74. The van der Waals surface area contributed by atoms with Gasteiger partial charge in [-0.15, -0.1) is 0 Å². The van der Waals surface area contributed by atoms with E-state index in [9.17, 15) is 4.79 Å². The van der Waals surface area contributed by atoms with E-state index < -0.39 is 0 Å². The zero-order chi connectivity index (χ0) is 14.1. The monoisotopic (exact) mass is 281 g/mol. The summed E-state index contributed by atoms with van der Waals surface area (Å²) >= 11 is 0. The van der Waals surface area contributed by atoms with Crippen LogP contribution >= 0.6 is 0 Å². The summed E-state index contributed by atoms with van der Waals surface area (Å²) < 4.78 is 11.5. The molecule has 0 aromatic rings. The van der Waals surface area contributed by atoms with Crippen LogP contribution in [0.2, 0.25) is 0 Å². The highest BCUT2D eigenvalue weighted by Crippen LogP contribution is 2.40. The van der Waals surface area contributed by atoms with Crippen LogP contribution in [-0.2, 0) is 14.3 Å². The first-order valence-electron chi connectivity index (χ1n) is 8.21. The molecule has 0 bridgehead atoms. The number of carbonyl (C=O) groups excluding carboxylic acids is 1. The number of Topliss-reactive ketones (excluding diaryl/α,β-unsaturated/α-hetero) is 1. The van der Waals surface area contributed by atoms with Gasteiger partial charge in [0.2, 0.25) is 0 Å². The fourth-order valence-electron chi connectivity index (χ4n) is 4.23. The molecule has 2 unspecified atom stereocenters. The van der Waals surface area contributed by atoms with Crippen LogP contribution in [0.15, 0.2) is 0 Å². The predicted octanol–water partition coefficient (Wildman–Crippen LogP) is 2.06. The van der Waals surface area contributed by atoms with Gasteiger partial charge in [0.05, 0.1) is 11.1 Å². The average molecular weight is 281 g/mol. The van der Waals surface area contributed by atoms with Crippen molar-refractivity contribution in [3.63, 3.8) is 0 Å². The van der Waals surface area contributed by atoms with Crippen molar-refractivity contribution < 1.29 is 14.3 Å². The number of ether oxygens (including phenoxy) is 2. The Bertz CT molecular complexity index is 351. The van der Waals surface area contributed by atoms with Crippen LogP contribution in [0.4, 0.5) is 0 Å². The zero-order valence-electron chi connectivity index (χ0n) is 12.6. The molecule has 4 heteroatoms. The number of hydrogen-bond donors (Lipinski definition) is 1. The minimum atomic E-state index is -0.242. The molecule has 3 aliphatic heterocycles. The SMILES string of the molecule is CCC1(C(=O)C2CCOC3(CCOCC3)C2)CCCN1. The third kappa shape index (κ3) is 2.53. The molecular weight excluding hydrogens is 254 g/mol. The number of rotatable bonds is 3. The van der Waals surface area contributed by atoms with Crippen LogP contribution in [-0.4, -0.2) is 43.3 Å². The molecule has 114 valence electrons. The first-order valence-corrected chi connectivity index (χ1v) is 8.21. The molecule has 20 heavy (non-hydrogen) atoms. The highest BCUT2D eigenvalue weighted by atomic mass is 16.5. The van der Waals surface area contributed by atoms with Crippen LogP contribution in [0.3, 0.4) is 0 Å². The Balaban J connectivity index is 1.71. The van der Waals surface area contributed by atoms with Crippen molar-refractivity contribution in [2.45, 2.75) is 63.0 Å². The van der Waals surface area contributed by atoms with Crippen molar-refractivity contribution in [2.75, 3.05) is 26.4 Å². The summed E-state index contributed by atoms with van der Waals surface area (Å²) in [6, 6.07) is 0. The van der Waals surface area contributed by atoms with E-state index in [1.165, 1.54) is 0 Å². The van der Waals surface area contributed by atoms with Gasteiger partial charge in [-0.05, 0) is 51.5 Å². The molecule has 0 amide bonds. The Hall–Kier alpha value is -0.450.